The molecule has 11 nitrogen and oxygen atoms in total. The normalized spacial score (nSPS) is 20.2. The number of nitrogens with one attached hydrogen (secondary N) is 3. The summed E-state index contributed by atoms with van der Waals surface area (Å²) in [6, 6.07) is 18.7. The maximum atomic E-state index is 13.8. The van der Waals surface area contributed by atoms with Gasteiger partial charge in [0.15, 0.2) is 0 Å². The molecule has 0 radical (unpaired) electrons. The molecule has 1 aromatic heterocycles. The SMILES string of the molecule is O=C(O)C[C@@H](Cc1ccccc1)NC(=O)[C@H](Cc1ccncc1)NC(=O)[C@@H]1CC[C@@H]2CC[C@H](NC(=O)Cc3ccccc3)C(=O)N21. The zero-order valence-electron chi connectivity index (χ0n) is 25.5. The number of aromatic nitrogens is 1. The zero-order chi connectivity index (χ0) is 32.5. The van der Waals surface area contributed by atoms with E-state index in [2.05, 4.69) is 20.9 Å². The summed E-state index contributed by atoms with van der Waals surface area (Å²) in [5.74, 6) is -2.59. The third-order valence-electron chi connectivity index (χ3n) is 8.60. The van der Waals surface area contributed by atoms with Gasteiger partial charge in [-0.15, -0.1) is 0 Å². The number of hydrogen-bond acceptors (Lipinski definition) is 6. The second kappa shape index (κ2) is 15.3. The molecular weight excluding hydrogens is 586 g/mol. The van der Waals surface area contributed by atoms with Crippen molar-refractivity contribution in [1.29, 1.82) is 0 Å². The van der Waals surface area contributed by atoms with E-state index in [1.54, 1.807) is 29.4 Å². The van der Waals surface area contributed by atoms with Crippen LogP contribution in [0.15, 0.2) is 85.2 Å². The van der Waals surface area contributed by atoms with E-state index in [9.17, 15) is 29.1 Å². The van der Waals surface area contributed by atoms with Gasteiger partial charge >= 0.3 is 5.97 Å². The molecule has 11 heteroatoms. The number of carbonyl (C=O) groups excluding carboxylic acids is 4. The molecule has 240 valence electrons. The second-order valence-corrected chi connectivity index (χ2v) is 12.0. The summed E-state index contributed by atoms with van der Waals surface area (Å²) in [6.07, 6.45) is 5.73. The van der Waals surface area contributed by atoms with Crippen LogP contribution in [0, 0.1) is 0 Å². The summed E-state index contributed by atoms with van der Waals surface area (Å²) in [5.41, 5.74) is 2.47. The second-order valence-electron chi connectivity index (χ2n) is 12.0. The first-order valence-electron chi connectivity index (χ1n) is 15.7. The van der Waals surface area contributed by atoms with Crippen LogP contribution in [0.1, 0.15) is 48.8 Å². The number of nitrogens with zero attached hydrogens (tertiary/aromatic N) is 2. The molecule has 5 rings (SSSR count). The highest BCUT2D eigenvalue weighted by Crippen LogP contribution is 2.33. The number of rotatable bonds is 13. The molecule has 2 fully saturated rings. The molecule has 46 heavy (non-hydrogen) atoms. The number of pyridine rings is 1. The van der Waals surface area contributed by atoms with Crippen LogP contribution >= 0.6 is 0 Å². The zero-order valence-corrected chi connectivity index (χ0v) is 25.5. The molecule has 2 aliphatic rings. The number of benzene rings is 2. The fraction of sp³-hybridized carbons (Fsp3) is 0.371. The summed E-state index contributed by atoms with van der Waals surface area (Å²) >= 11 is 0. The van der Waals surface area contributed by atoms with Gasteiger partial charge < -0.3 is 26.0 Å². The highest BCUT2D eigenvalue weighted by atomic mass is 16.4. The first-order valence-corrected chi connectivity index (χ1v) is 15.7. The smallest absolute Gasteiger partial charge is 0.305 e. The number of aliphatic carboxylic acids is 1. The lowest BCUT2D eigenvalue weighted by Crippen LogP contribution is -2.60. The first kappa shape index (κ1) is 32.3. The Labute approximate surface area is 267 Å². The number of fused-ring (bicyclic) bond motifs is 1. The Bertz CT molecular complexity index is 1520. The van der Waals surface area contributed by atoms with Crippen molar-refractivity contribution in [3.05, 3.63) is 102 Å². The van der Waals surface area contributed by atoms with Crippen molar-refractivity contribution in [1.82, 2.24) is 25.8 Å². The molecular formula is C35H39N5O6. The van der Waals surface area contributed by atoms with Gasteiger partial charge in [0.05, 0.1) is 12.8 Å². The van der Waals surface area contributed by atoms with Crippen molar-refractivity contribution >= 4 is 29.6 Å². The minimum absolute atomic E-state index is 0.121. The van der Waals surface area contributed by atoms with Crippen molar-refractivity contribution in [2.24, 2.45) is 0 Å². The largest absolute Gasteiger partial charge is 0.481 e. The maximum Gasteiger partial charge on any atom is 0.305 e. The van der Waals surface area contributed by atoms with E-state index in [0.717, 1.165) is 16.7 Å². The van der Waals surface area contributed by atoms with E-state index in [4.69, 9.17) is 0 Å². The van der Waals surface area contributed by atoms with Crippen molar-refractivity contribution in [3.63, 3.8) is 0 Å². The first-order chi connectivity index (χ1) is 22.3. The van der Waals surface area contributed by atoms with Gasteiger partial charge in [-0.3, -0.25) is 29.0 Å². The van der Waals surface area contributed by atoms with Crippen LogP contribution in [-0.4, -0.2) is 74.8 Å². The Hall–Kier alpha value is -5.06. The molecule has 0 unspecified atom stereocenters. The molecule has 2 aliphatic heterocycles. The molecule has 2 aromatic carbocycles. The Morgan fingerprint density at radius 3 is 2.11 bits per heavy atom. The van der Waals surface area contributed by atoms with E-state index in [-0.39, 0.29) is 37.1 Å². The topological polar surface area (TPSA) is 158 Å². The summed E-state index contributed by atoms with van der Waals surface area (Å²) in [4.78, 5) is 71.1. The minimum Gasteiger partial charge on any atom is -0.481 e. The van der Waals surface area contributed by atoms with E-state index >= 15 is 0 Å². The van der Waals surface area contributed by atoms with Crippen molar-refractivity contribution in [2.75, 3.05) is 0 Å². The van der Waals surface area contributed by atoms with Crippen LogP contribution < -0.4 is 16.0 Å². The van der Waals surface area contributed by atoms with Gasteiger partial charge in [-0.05, 0) is 60.9 Å². The number of carboxylic acid groups (broad SMARTS) is 1. The lowest BCUT2D eigenvalue weighted by molar-refractivity contribution is -0.146. The number of piperidine rings is 1. The number of hydrogen-bond donors (Lipinski definition) is 4. The lowest BCUT2D eigenvalue weighted by atomic mass is 9.97. The predicted octanol–water partition coefficient (Wildman–Crippen LogP) is 2.19. The van der Waals surface area contributed by atoms with Gasteiger partial charge in [-0.2, -0.15) is 0 Å². The van der Waals surface area contributed by atoms with Crippen LogP contribution in [0.5, 0.6) is 0 Å². The summed E-state index contributed by atoms with van der Waals surface area (Å²) in [7, 11) is 0. The van der Waals surface area contributed by atoms with Gasteiger partial charge in [0.1, 0.15) is 18.1 Å². The Morgan fingerprint density at radius 1 is 0.804 bits per heavy atom. The highest BCUT2D eigenvalue weighted by Gasteiger charge is 2.46. The van der Waals surface area contributed by atoms with Crippen LogP contribution in [0.25, 0.3) is 0 Å². The van der Waals surface area contributed by atoms with Gasteiger partial charge in [-0.1, -0.05) is 60.7 Å². The molecule has 5 atom stereocenters. The number of carbonyl (C=O) groups is 5. The van der Waals surface area contributed by atoms with E-state index in [1.165, 1.54) is 0 Å². The van der Waals surface area contributed by atoms with Gasteiger partial charge in [-0.25, -0.2) is 0 Å². The van der Waals surface area contributed by atoms with Crippen molar-refractivity contribution in [2.45, 2.75) is 81.6 Å². The molecule has 0 bridgehead atoms. The van der Waals surface area contributed by atoms with Gasteiger partial charge in [0.25, 0.3) is 0 Å². The summed E-state index contributed by atoms with van der Waals surface area (Å²) in [6.45, 7) is 0. The fourth-order valence-electron chi connectivity index (χ4n) is 6.40. The number of amides is 4. The standard InChI is InChI=1S/C35H39N5O6/c41-31(21-24-9-5-2-6-10-24)38-28-13-11-27-12-14-30(40(27)35(28)46)34(45)39-29(20-25-15-17-36-18-16-25)33(44)37-26(22-32(42)43)19-23-7-3-1-4-8-23/h1-10,15-18,26-30H,11-14,19-22H2,(H,37,44)(H,38,41)(H,39,45)(H,42,43)/t26-,27+,28+,29+,30+/m1/s1. The lowest BCUT2D eigenvalue weighted by Gasteiger charge is -2.38. The summed E-state index contributed by atoms with van der Waals surface area (Å²) in [5, 5.41) is 18.1. The molecule has 3 heterocycles. The van der Waals surface area contributed by atoms with Gasteiger partial charge in [0.2, 0.25) is 23.6 Å². The van der Waals surface area contributed by atoms with Crippen LogP contribution in [0.3, 0.4) is 0 Å². The molecule has 0 aliphatic carbocycles. The van der Waals surface area contributed by atoms with Gasteiger partial charge in [0, 0.05) is 30.9 Å². The van der Waals surface area contributed by atoms with E-state index in [1.807, 2.05) is 60.7 Å². The van der Waals surface area contributed by atoms with Crippen molar-refractivity contribution in [3.8, 4) is 0 Å². The van der Waals surface area contributed by atoms with Crippen molar-refractivity contribution < 1.29 is 29.1 Å². The maximum absolute atomic E-state index is 13.8. The molecule has 4 N–H and O–H groups in total. The predicted molar refractivity (Wildman–Crippen MR) is 169 cm³/mol. The third-order valence-corrected chi connectivity index (χ3v) is 8.60. The molecule has 3 aromatic rings. The average Bonchev–Trinajstić information content (AvgIpc) is 3.48. The van der Waals surface area contributed by atoms with Crippen LogP contribution in [-0.2, 0) is 43.2 Å². The molecule has 4 amide bonds. The summed E-state index contributed by atoms with van der Waals surface area (Å²) < 4.78 is 0. The number of carboxylic acids is 1. The monoisotopic (exact) mass is 625 g/mol. The van der Waals surface area contributed by atoms with E-state index in [0.29, 0.717) is 32.1 Å². The molecule has 0 spiro atoms. The van der Waals surface area contributed by atoms with E-state index < -0.39 is 42.0 Å². The third kappa shape index (κ3) is 8.56. The Balaban J connectivity index is 1.28. The Morgan fingerprint density at radius 2 is 1.43 bits per heavy atom. The molecule has 0 saturated carbocycles. The average molecular weight is 626 g/mol. The minimum atomic E-state index is -1.05. The molecule has 2 saturated heterocycles. The highest BCUT2D eigenvalue weighted by molar-refractivity contribution is 5.95. The Kier molecular flexibility index (Phi) is 10.7. The van der Waals surface area contributed by atoms with Crippen LogP contribution in [0.4, 0.5) is 0 Å². The quantitative estimate of drug-likeness (QED) is 0.227. The fourth-order valence-corrected chi connectivity index (χ4v) is 6.40. The van der Waals surface area contributed by atoms with Crippen LogP contribution in [0.2, 0.25) is 0 Å².